The standard InChI is InChI=1S/C20H27N3S/c1-2-10-23-11-6-9-16-12-17-19(13-18(16)23)24-20(22-17)21-14-15-7-4-3-5-8-15/h3-5,7-8,16,18H,2,6,9-14H2,1H3,(H,21,22). The van der Waals surface area contributed by atoms with Gasteiger partial charge >= 0.3 is 0 Å². The molecule has 3 nitrogen and oxygen atoms in total. The van der Waals surface area contributed by atoms with E-state index in [1.165, 1.54) is 61.3 Å². The van der Waals surface area contributed by atoms with Crippen molar-refractivity contribution in [3.05, 3.63) is 46.5 Å². The summed E-state index contributed by atoms with van der Waals surface area (Å²) in [4.78, 5) is 9.18. The average Bonchev–Trinajstić information content (AvgIpc) is 3.01. The largest absolute Gasteiger partial charge is 0.357 e. The van der Waals surface area contributed by atoms with Gasteiger partial charge < -0.3 is 5.32 Å². The molecule has 1 aliphatic heterocycles. The third-order valence-corrected chi connectivity index (χ3v) is 6.54. The van der Waals surface area contributed by atoms with Gasteiger partial charge in [0.05, 0.1) is 5.69 Å². The number of piperidine rings is 1. The molecule has 1 N–H and O–H groups in total. The van der Waals surface area contributed by atoms with E-state index in [0.29, 0.717) is 0 Å². The van der Waals surface area contributed by atoms with Crippen LogP contribution in [0.3, 0.4) is 0 Å². The van der Waals surface area contributed by atoms with Gasteiger partial charge in [-0.25, -0.2) is 4.98 Å². The highest BCUT2D eigenvalue weighted by Gasteiger charge is 2.36. The quantitative estimate of drug-likeness (QED) is 0.876. The number of fused-ring (bicyclic) bond motifs is 2. The Hall–Kier alpha value is -1.39. The maximum absolute atomic E-state index is 4.92. The van der Waals surface area contributed by atoms with Crippen molar-refractivity contribution in [1.82, 2.24) is 9.88 Å². The second-order valence-electron chi connectivity index (χ2n) is 7.14. The Morgan fingerprint density at radius 1 is 1.25 bits per heavy atom. The molecule has 2 aromatic rings. The van der Waals surface area contributed by atoms with Gasteiger partial charge in [-0.05, 0) is 56.7 Å². The Labute approximate surface area is 149 Å². The van der Waals surface area contributed by atoms with Gasteiger partial charge in [-0.3, -0.25) is 4.90 Å². The van der Waals surface area contributed by atoms with E-state index in [2.05, 4.69) is 47.5 Å². The molecule has 1 aromatic carbocycles. The van der Waals surface area contributed by atoms with Crippen molar-refractivity contribution in [2.24, 2.45) is 5.92 Å². The first-order chi connectivity index (χ1) is 11.8. The SMILES string of the molecule is CCCN1CCCC2Cc3nc(NCc4ccccc4)sc3CC21. The van der Waals surface area contributed by atoms with Crippen molar-refractivity contribution in [3.63, 3.8) is 0 Å². The number of thiazole rings is 1. The van der Waals surface area contributed by atoms with E-state index >= 15 is 0 Å². The Morgan fingerprint density at radius 2 is 2.12 bits per heavy atom. The van der Waals surface area contributed by atoms with Crippen LogP contribution in [0.25, 0.3) is 0 Å². The fraction of sp³-hybridized carbons (Fsp3) is 0.550. The molecule has 0 saturated carbocycles. The van der Waals surface area contributed by atoms with Crippen LogP contribution in [-0.2, 0) is 19.4 Å². The number of hydrogen-bond donors (Lipinski definition) is 1. The van der Waals surface area contributed by atoms with Gasteiger partial charge in [0.25, 0.3) is 0 Å². The fourth-order valence-corrected chi connectivity index (χ4v) is 5.34. The van der Waals surface area contributed by atoms with Gasteiger partial charge in [-0.1, -0.05) is 37.3 Å². The summed E-state index contributed by atoms with van der Waals surface area (Å²) in [6.07, 6.45) is 6.41. The van der Waals surface area contributed by atoms with Crippen molar-refractivity contribution >= 4 is 16.5 Å². The first-order valence-electron chi connectivity index (χ1n) is 9.34. The van der Waals surface area contributed by atoms with Gasteiger partial charge in [0.2, 0.25) is 0 Å². The maximum Gasteiger partial charge on any atom is 0.183 e. The van der Waals surface area contributed by atoms with Crippen LogP contribution in [0, 0.1) is 5.92 Å². The zero-order valence-electron chi connectivity index (χ0n) is 14.5. The van der Waals surface area contributed by atoms with E-state index in [4.69, 9.17) is 4.98 Å². The second kappa shape index (κ2) is 7.24. The lowest BCUT2D eigenvalue weighted by Crippen LogP contribution is -2.49. The molecule has 0 bridgehead atoms. The molecular weight excluding hydrogens is 314 g/mol. The Morgan fingerprint density at radius 3 is 2.96 bits per heavy atom. The lowest BCUT2D eigenvalue weighted by atomic mass is 9.79. The number of hydrogen-bond acceptors (Lipinski definition) is 4. The number of anilines is 1. The molecule has 1 aliphatic carbocycles. The number of rotatable bonds is 5. The zero-order valence-corrected chi connectivity index (χ0v) is 15.3. The summed E-state index contributed by atoms with van der Waals surface area (Å²) in [5, 5.41) is 4.63. The lowest BCUT2D eigenvalue weighted by Gasteiger charge is -2.43. The van der Waals surface area contributed by atoms with Crippen LogP contribution < -0.4 is 5.32 Å². The minimum atomic E-state index is 0.758. The molecule has 0 amide bonds. The van der Waals surface area contributed by atoms with E-state index in [1.54, 1.807) is 0 Å². The van der Waals surface area contributed by atoms with E-state index in [0.717, 1.165) is 23.6 Å². The topological polar surface area (TPSA) is 28.2 Å². The summed E-state index contributed by atoms with van der Waals surface area (Å²) in [5.41, 5.74) is 2.68. The third kappa shape index (κ3) is 3.35. The van der Waals surface area contributed by atoms with Crippen molar-refractivity contribution in [1.29, 1.82) is 0 Å². The van der Waals surface area contributed by atoms with Crippen LogP contribution in [0.1, 0.15) is 42.3 Å². The van der Waals surface area contributed by atoms with Crippen molar-refractivity contribution in [2.45, 2.75) is 51.6 Å². The van der Waals surface area contributed by atoms with Gasteiger partial charge in [0, 0.05) is 17.5 Å². The number of benzene rings is 1. The van der Waals surface area contributed by atoms with E-state index < -0.39 is 0 Å². The Balaban J connectivity index is 1.45. The predicted molar refractivity (Wildman–Crippen MR) is 102 cm³/mol. The highest BCUT2D eigenvalue weighted by atomic mass is 32.1. The second-order valence-corrected chi connectivity index (χ2v) is 8.23. The molecule has 1 saturated heterocycles. The first-order valence-corrected chi connectivity index (χ1v) is 10.2. The molecule has 4 rings (SSSR count). The van der Waals surface area contributed by atoms with Crippen LogP contribution in [0.15, 0.2) is 30.3 Å². The monoisotopic (exact) mass is 341 g/mol. The predicted octanol–water partition coefficient (Wildman–Crippen LogP) is 4.34. The highest BCUT2D eigenvalue weighted by Crippen LogP contribution is 2.38. The maximum atomic E-state index is 4.92. The lowest BCUT2D eigenvalue weighted by molar-refractivity contribution is 0.0857. The van der Waals surface area contributed by atoms with Crippen LogP contribution >= 0.6 is 11.3 Å². The summed E-state index contributed by atoms with van der Waals surface area (Å²) >= 11 is 1.88. The summed E-state index contributed by atoms with van der Waals surface area (Å²) in [7, 11) is 0. The van der Waals surface area contributed by atoms with Crippen LogP contribution in [0.5, 0.6) is 0 Å². The summed E-state index contributed by atoms with van der Waals surface area (Å²) in [6, 6.07) is 11.3. The minimum Gasteiger partial charge on any atom is -0.357 e. The van der Waals surface area contributed by atoms with E-state index in [9.17, 15) is 0 Å². The normalized spacial score (nSPS) is 23.5. The molecule has 2 atom stereocenters. The van der Waals surface area contributed by atoms with Gasteiger partial charge in [0.1, 0.15) is 0 Å². The molecule has 24 heavy (non-hydrogen) atoms. The van der Waals surface area contributed by atoms with Gasteiger partial charge in [-0.2, -0.15) is 0 Å². The third-order valence-electron chi connectivity index (χ3n) is 5.46. The number of nitrogens with one attached hydrogen (secondary N) is 1. The molecule has 0 radical (unpaired) electrons. The molecule has 2 aliphatic rings. The molecule has 4 heteroatoms. The number of aromatic nitrogens is 1. The summed E-state index contributed by atoms with van der Waals surface area (Å²) in [5.74, 6) is 0.821. The Kier molecular flexibility index (Phi) is 4.86. The molecule has 2 unspecified atom stereocenters. The molecular formula is C20H27N3S. The van der Waals surface area contributed by atoms with E-state index in [-0.39, 0.29) is 0 Å². The van der Waals surface area contributed by atoms with Crippen molar-refractivity contribution in [2.75, 3.05) is 18.4 Å². The van der Waals surface area contributed by atoms with Crippen LogP contribution in [0.2, 0.25) is 0 Å². The highest BCUT2D eigenvalue weighted by molar-refractivity contribution is 7.15. The van der Waals surface area contributed by atoms with Crippen molar-refractivity contribution < 1.29 is 0 Å². The van der Waals surface area contributed by atoms with Crippen LogP contribution in [0.4, 0.5) is 5.13 Å². The molecule has 1 aromatic heterocycles. The number of likely N-dealkylation sites (tertiary alicyclic amines) is 1. The van der Waals surface area contributed by atoms with Gasteiger partial charge in [-0.15, -0.1) is 11.3 Å². The molecule has 0 spiro atoms. The summed E-state index contributed by atoms with van der Waals surface area (Å²) < 4.78 is 0. The molecule has 128 valence electrons. The molecule has 1 fully saturated rings. The summed E-state index contributed by atoms with van der Waals surface area (Å²) in [6.45, 7) is 5.72. The van der Waals surface area contributed by atoms with Gasteiger partial charge in [0.15, 0.2) is 5.13 Å². The average molecular weight is 342 g/mol. The fourth-order valence-electron chi connectivity index (χ4n) is 4.30. The first kappa shape index (κ1) is 16.1. The van der Waals surface area contributed by atoms with E-state index in [1.807, 2.05) is 11.3 Å². The molecule has 2 heterocycles. The number of nitrogens with zero attached hydrogens (tertiary/aromatic N) is 2. The van der Waals surface area contributed by atoms with Crippen LogP contribution in [-0.4, -0.2) is 29.0 Å². The zero-order chi connectivity index (χ0) is 16.4. The smallest absolute Gasteiger partial charge is 0.183 e. The minimum absolute atomic E-state index is 0.758. The Bertz CT molecular complexity index is 665. The van der Waals surface area contributed by atoms with Crippen molar-refractivity contribution in [3.8, 4) is 0 Å².